The van der Waals surface area contributed by atoms with Gasteiger partial charge in [-0.3, -0.25) is 0 Å². The van der Waals surface area contributed by atoms with E-state index in [2.05, 4.69) is 31.3 Å². The first kappa shape index (κ1) is 12.8. The zero-order valence-corrected chi connectivity index (χ0v) is 9.65. The molecule has 0 saturated carbocycles. The van der Waals surface area contributed by atoms with Gasteiger partial charge in [0.05, 0.1) is 6.07 Å². The lowest BCUT2D eigenvalue weighted by atomic mass is 10.1. The highest BCUT2D eigenvalue weighted by Gasteiger charge is 1.96. The van der Waals surface area contributed by atoms with Crippen molar-refractivity contribution in [2.75, 3.05) is 6.54 Å². The average Bonchev–Trinajstić information content (AvgIpc) is 2.17. The highest BCUT2D eigenvalue weighted by Crippen LogP contribution is 2.09. The van der Waals surface area contributed by atoms with Crippen LogP contribution in [0.4, 0.5) is 0 Å². The molecule has 0 spiro atoms. The second-order valence-electron chi connectivity index (χ2n) is 3.37. The minimum atomic E-state index is 0.788. The molecule has 2 heteroatoms. The van der Waals surface area contributed by atoms with Crippen molar-refractivity contribution in [1.29, 1.82) is 5.26 Å². The van der Waals surface area contributed by atoms with E-state index in [1.165, 1.54) is 5.70 Å². The summed E-state index contributed by atoms with van der Waals surface area (Å²) in [4.78, 5) is 0. The summed E-state index contributed by atoms with van der Waals surface area (Å²) >= 11 is 0. The summed E-state index contributed by atoms with van der Waals surface area (Å²) in [5.41, 5.74) is 3.07. The van der Waals surface area contributed by atoms with Gasteiger partial charge < -0.3 is 5.32 Å². The normalized spacial score (nSPS) is 13.2. The van der Waals surface area contributed by atoms with Crippen molar-refractivity contribution in [2.24, 2.45) is 0 Å². The largest absolute Gasteiger partial charge is 0.389 e. The number of nitriles is 1. The Labute approximate surface area is 87.3 Å². The average molecular weight is 192 g/mol. The fourth-order valence-corrected chi connectivity index (χ4v) is 1.17. The molecule has 1 N–H and O–H groups in total. The number of hydrogen-bond acceptors (Lipinski definition) is 2. The van der Waals surface area contributed by atoms with Crippen molar-refractivity contribution in [3.05, 3.63) is 22.9 Å². The molecule has 0 amide bonds. The van der Waals surface area contributed by atoms with E-state index in [0.717, 1.165) is 30.5 Å². The van der Waals surface area contributed by atoms with Crippen molar-refractivity contribution in [3.63, 3.8) is 0 Å². The topological polar surface area (TPSA) is 35.8 Å². The van der Waals surface area contributed by atoms with Crippen LogP contribution in [0.25, 0.3) is 0 Å². The smallest absolute Gasteiger partial charge is 0.0946 e. The molecule has 0 aliphatic rings. The van der Waals surface area contributed by atoms with Gasteiger partial charge in [-0.25, -0.2) is 0 Å². The zero-order chi connectivity index (χ0) is 11.0. The number of allylic oxidation sites excluding steroid dienone is 4. The molecule has 0 aromatic carbocycles. The van der Waals surface area contributed by atoms with Gasteiger partial charge >= 0.3 is 0 Å². The van der Waals surface area contributed by atoms with Crippen LogP contribution in [0, 0.1) is 11.3 Å². The summed E-state index contributed by atoms with van der Waals surface area (Å²) in [6, 6.07) is 2.16. The highest BCUT2D eigenvalue weighted by atomic mass is 14.9. The van der Waals surface area contributed by atoms with Crippen LogP contribution in [0.5, 0.6) is 0 Å². The number of rotatable bonds is 5. The first-order chi connectivity index (χ1) is 6.65. The van der Waals surface area contributed by atoms with E-state index in [4.69, 9.17) is 5.26 Å². The van der Waals surface area contributed by atoms with Crippen LogP contribution < -0.4 is 5.32 Å². The van der Waals surface area contributed by atoms with Crippen LogP contribution >= 0.6 is 0 Å². The fraction of sp³-hybridized carbons (Fsp3) is 0.583. The molecule has 0 aromatic heterocycles. The van der Waals surface area contributed by atoms with Crippen LogP contribution in [0.15, 0.2) is 22.9 Å². The maximum atomic E-state index is 8.72. The summed E-state index contributed by atoms with van der Waals surface area (Å²) < 4.78 is 0. The monoisotopic (exact) mass is 192 g/mol. The summed E-state index contributed by atoms with van der Waals surface area (Å²) in [7, 11) is 0. The molecule has 0 heterocycles. The molecule has 0 rings (SSSR count). The van der Waals surface area contributed by atoms with Gasteiger partial charge in [-0.2, -0.15) is 5.26 Å². The molecule has 0 bridgehead atoms. The number of hydrogen-bond donors (Lipinski definition) is 1. The Kier molecular flexibility index (Phi) is 6.57. The third-order valence-electron chi connectivity index (χ3n) is 2.07. The maximum Gasteiger partial charge on any atom is 0.0946 e. The summed E-state index contributed by atoms with van der Waals surface area (Å²) in [5, 5.41) is 12.0. The molecule has 78 valence electrons. The Hall–Kier alpha value is -1.23. The van der Waals surface area contributed by atoms with E-state index < -0.39 is 0 Å². The molecular weight excluding hydrogens is 172 g/mol. The van der Waals surface area contributed by atoms with Crippen LogP contribution in [0.2, 0.25) is 0 Å². The van der Waals surface area contributed by atoms with E-state index in [1.54, 1.807) is 0 Å². The fourth-order valence-electron chi connectivity index (χ4n) is 1.17. The van der Waals surface area contributed by atoms with Crippen molar-refractivity contribution in [3.8, 4) is 6.07 Å². The Morgan fingerprint density at radius 3 is 2.43 bits per heavy atom. The molecule has 0 aliphatic carbocycles. The van der Waals surface area contributed by atoms with Crippen LogP contribution in [-0.2, 0) is 0 Å². The number of nitrogens with zero attached hydrogens (tertiary/aromatic N) is 1. The zero-order valence-electron chi connectivity index (χ0n) is 9.65. The van der Waals surface area contributed by atoms with Gasteiger partial charge in [0.25, 0.3) is 0 Å². The lowest BCUT2D eigenvalue weighted by Crippen LogP contribution is -2.12. The minimum Gasteiger partial charge on any atom is -0.389 e. The van der Waals surface area contributed by atoms with Crippen LogP contribution in [0.1, 0.15) is 40.5 Å². The molecule has 0 aliphatic heterocycles. The predicted octanol–water partition coefficient (Wildman–Crippen LogP) is 3.14. The first-order valence-corrected chi connectivity index (χ1v) is 5.17. The van der Waals surface area contributed by atoms with Gasteiger partial charge in [-0.15, -0.1) is 0 Å². The Bertz CT molecular complexity index is 259. The lowest BCUT2D eigenvalue weighted by Gasteiger charge is -2.08. The third kappa shape index (κ3) is 4.71. The van der Waals surface area contributed by atoms with Crippen molar-refractivity contribution < 1.29 is 0 Å². The van der Waals surface area contributed by atoms with E-state index >= 15 is 0 Å². The molecule has 14 heavy (non-hydrogen) atoms. The lowest BCUT2D eigenvalue weighted by molar-refractivity contribution is 0.760. The van der Waals surface area contributed by atoms with Crippen molar-refractivity contribution >= 4 is 0 Å². The molecule has 0 fully saturated rings. The van der Waals surface area contributed by atoms with E-state index in [1.807, 2.05) is 13.8 Å². The second kappa shape index (κ2) is 7.20. The molecule has 0 atom stereocenters. The second-order valence-corrected chi connectivity index (χ2v) is 3.37. The first-order valence-electron chi connectivity index (χ1n) is 5.17. The summed E-state index contributed by atoms with van der Waals surface area (Å²) in [5.74, 6) is 0. The van der Waals surface area contributed by atoms with Gasteiger partial charge in [0.15, 0.2) is 0 Å². The maximum absolute atomic E-state index is 8.72. The van der Waals surface area contributed by atoms with Gasteiger partial charge in [-0.05, 0) is 38.8 Å². The molecule has 0 unspecified atom stereocenters. The van der Waals surface area contributed by atoms with Gasteiger partial charge in [0, 0.05) is 17.8 Å². The Balaban J connectivity index is 4.65. The molecule has 2 nitrogen and oxygen atoms in total. The van der Waals surface area contributed by atoms with E-state index in [9.17, 15) is 0 Å². The van der Waals surface area contributed by atoms with Crippen LogP contribution in [-0.4, -0.2) is 6.54 Å². The third-order valence-corrected chi connectivity index (χ3v) is 2.07. The predicted molar refractivity (Wildman–Crippen MR) is 60.7 cm³/mol. The minimum absolute atomic E-state index is 0.788. The van der Waals surface area contributed by atoms with Crippen molar-refractivity contribution in [2.45, 2.75) is 40.5 Å². The molecular formula is C12H20N2. The van der Waals surface area contributed by atoms with Crippen molar-refractivity contribution in [1.82, 2.24) is 5.32 Å². The molecule has 0 aromatic rings. The summed E-state index contributed by atoms with van der Waals surface area (Å²) in [6.07, 6.45) is 4.24. The number of nitrogens with one attached hydrogen (secondary N) is 1. The van der Waals surface area contributed by atoms with Crippen LogP contribution in [0.3, 0.4) is 0 Å². The quantitative estimate of drug-likeness (QED) is 0.536. The van der Waals surface area contributed by atoms with Gasteiger partial charge in [0.1, 0.15) is 0 Å². The van der Waals surface area contributed by atoms with E-state index in [0.29, 0.717) is 0 Å². The van der Waals surface area contributed by atoms with E-state index in [-0.39, 0.29) is 0 Å². The SMILES string of the molecule is CCC/C(=C\C(C)=C(/C)C#N)NCC. The standard InChI is InChI=1S/C12H20N2/c1-5-7-12(14-6-2)8-10(3)11(4)9-13/h8,14H,5-7H2,1-4H3/b11-10+,12-8+. The van der Waals surface area contributed by atoms with Gasteiger partial charge in [0.2, 0.25) is 0 Å². The highest BCUT2D eigenvalue weighted by molar-refractivity contribution is 5.33. The summed E-state index contributed by atoms with van der Waals surface area (Å²) in [6.45, 7) is 9.00. The Morgan fingerprint density at radius 2 is 2.00 bits per heavy atom. The molecule has 0 radical (unpaired) electrons. The van der Waals surface area contributed by atoms with Gasteiger partial charge in [-0.1, -0.05) is 13.3 Å². The Morgan fingerprint density at radius 1 is 1.36 bits per heavy atom. The molecule has 0 saturated heterocycles.